The summed E-state index contributed by atoms with van der Waals surface area (Å²) in [4.78, 5) is 0. The average molecular weight is 335 g/mol. The molecule has 0 N–H and O–H groups in total. The van der Waals surface area contributed by atoms with Crippen LogP contribution in [-0.2, 0) is 11.2 Å². The Labute approximate surface area is 149 Å². The van der Waals surface area contributed by atoms with Crippen molar-refractivity contribution in [3.05, 3.63) is 29.8 Å². The molecular formula is C22H38O2. The molecule has 1 atom stereocenters. The maximum Gasteiger partial charge on any atom is 0.196 e. The van der Waals surface area contributed by atoms with Crippen molar-refractivity contribution >= 4 is 0 Å². The fourth-order valence-electron chi connectivity index (χ4n) is 3.22. The van der Waals surface area contributed by atoms with E-state index in [4.69, 9.17) is 9.47 Å². The van der Waals surface area contributed by atoms with E-state index in [9.17, 15) is 0 Å². The van der Waals surface area contributed by atoms with Crippen LogP contribution in [-0.4, -0.2) is 12.9 Å². The van der Waals surface area contributed by atoms with Crippen LogP contribution in [0.5, 0.6) is 5.75 Å². The molecule has 1 aliphatic carbocycles. The lowest BCUT2D eigenvalue weighted by Crippen LogP contribution is -2.19. The molecule has 0 bridgehead atoms. The maximum atomic E-state index is 5.84. The first-order valence-electron chi connectivity index (χ1n) is 10.1. The Bertz CT molecular complexity index is 393. The van der Waals surface area contributed by atoms with Crippen LogP contribution in [0.25, 0.3) is 0 Å². The van der Waals surface area contributed by atoms with E-state index < -0.39 is 0 Å². The minimum atomic E-state index is -0.162. The van der Waals surface area contributed by atoms with Crippen molar-refractivity contribution in [2.45, 2.75) is 91.8 Å². The van der Waals surface area contributed by atoms with Crippen molar-refractivity contribution in [3.63, 3.8) is 0 Å². The lowest BCUT2D eigenvalue weighted by molar-refractivity contribution is -0.0711. The van der Waals surface area contributed by atoms with Crippen LogP contribution < -0.4 is 4.74 Å². The zero-order chi connectivity index (χ0) is 17.6. The van der Waals surface area contributed by atoms with E-state index in [2.05, 4.69) is 31.2 Å². The smallest absolute Gasteiger partial charge is 0.196 e. The highest BCUT2D eigenvalue weighted by Crippen LogP contribution is 2.26. The van der Waals surface area contributed by atoms with Gasteiger partial charge in [0.05, 0.1) is 6.61 Å². The van der Waals surface area contributed by atoms with Crippen LogP contribution in [0.4, 0.5) is 0 Å². The molecular weight excluding hydrogens is 296 g/mol. The van der Waals surface area contributed by atoms with Gasteiger partial charge in [-0.05, 0) is 49.8 Å². The van der Waals surface area contributed by atoms with Gasteiger partial charge < -0.3 is 9.47 Å². The molecule has 138 valence electrons. The van der Waals surface area contributed by atoms with Crippen LogP contribution in [0.1, 0.15) is 84.6 Å². The Morgan fingerprint density at radius 3 is 2.33 bits per heavy atom. The maximum absolute atomic E-state index is 5.84. The monoisotopic (exact) mass is 334 g/mol. The summed E-state index contributed by atoms with van der Waals surface area (Å²) in [6.45, 7) is 9.04. The molecule has 2 heteroatoms. The molecule has 0 amide bonds. The van der Waals surface area contributed by atoms with Gasteiger partial charge in [-0.15, -0.1) is 0 Å². The molecule has 1 fully saturated rings. The van der Waals surface area contributed by atoms with Crippen LogP contribution in [0, 0.1) is 5.92 Å². The molecule has 0 saturated heterocycles. The van der Waals surface area contributed by atoms with Crippen molar-refractivity contribution in [2.75, 3.05) is 6.61 Å². The van der Waals surface area contributed by atoms with E-state index in [0.717, 1.165) is 24.7 Å². The van der Waals surface area contributed by atoms with Crippen LogP contribution in [0.3, 0.4) is 0 Å². The molecule has 1 aromatic carbocycles. The molecule has 1 unspecified atom stereocenters. The lowest BCUT2D eigenvalue weighted by Gasteiger charge is -2.22. The van der Waals surface area contributed by atoms with E-state index in [-0.39, 0.29) is 6.29 Å². The number of rotatable bonds is 9. The number of benzene rings is 1. The van der Waals surface area contributed by atoms with Crippen molar-refractivity contribution in [3.8, 4) is 5.75 Å². The van der Waals surface area contributed by atoms with Crippen LogP contribution >= 0.6 is 0 Å². The van der Waals surface area contributed by atoms with Gasteiger partial charge in [-0.25, -0.2) is 0 Å². The summed E-state index contributed by atoms with van der Waals surface area (Å²) in [5.41, 5.74) is 1.39. The van der Waals surface area contributed by atoms with Gasteiger partial charge in [0.25, 0.3) is 0 Å². The molecule has 1 saturated carbocycles. The lowest BCUT2D eigenvalue weighted by atomic mass is 9.87. The third kappa shape index (κ3) is 8.73. The molecule has 2 nitrogen and oxygen atoms in total. The molecule has 0 aromatic heterocycles. The first-order chi connectivity index (χ1) is 11.8. The molecule has 0 aliphatic heterocycles. The summed E-state index contributed by atoms with van der Waals surface area (Å²) in [7, 11) is 0. The first kappa shape index (κ1) is 21.0. The highest BCUT2D eigenvalue weighted by Gasteiger charge is 2.13. The Morgan fingerprint density at radius 2 is 1.71 bits per heavy atom. The van der Waals surface area contributed by atoms with Gasteiger partial charge in [-0.3, -0.25) is 0 Å². The van der Waals surface area contributed by atoms with Crippen molar-refractivity contribution < 1.29 is 9.47 Å². The van der Waals surface area contributed by atoms with E-state index >= 15 is 0 Å². The highest BCUT2D eigenvalue weighted by molar-refractivity contribution is 5.27. The van der Waals surface area contributed by atoms with Gasteiger partial charge in [0, 0.05) is 0 Å². The summed E-state index contributed by atoms with van der Waals surface area (Å²) in [5.74, 6) is 1.78. The topological polar surface area (TPSA) is 18.5 Å². The van der Waals surface area contributed by atoms with E-state index in [1.165, 1.54) is 56.9 Å². The number of unbranched alkanes of at least 4 members (excludes halogenated alkanes) is 1. The number of hydrogen-bond acceptors (Lipinski definition) is 2. The minimum absolute atomic E-state index is 0.162. The second kappa shape index (κ2) is 13.3. The van der Waals surface area contributed by atoms with Gasteiger partial charge in [0.15, 0.2) is 6.29 Å². The normalized spacial score (nSPS) is 16.2. The molecule has 0 heterocycles. The second-order valence-electron chi connectivity index (χ2n) is 6.60. The fourth-order valence-corrected chi connectivity index (χ4v) is 3.22. The fraction of sp³-hybridized carbons (Fsp3) is 0.727. The molecule has 1 aromatic rings. The Hall–Kier alpha value is -1.02. The van der Waals surface area contributed by atoms with E-state index in [1.54, 1.807) is 0 Å². The molecule has 24 heavy (non-hydrogen) atoms. The highest BCUT2D eigenvalue weighted by atomic mass is 16.7. The van der Waals surface area contributed by atoms with Gasteiger partial charge in [0.2, 0.25) is 0 Å². The quantitative estimate of drug-likeness (QED) is 0.464. The Morgan fingerprint density at radius 1 is 1.04 bits per heavy atom. The molecule has 0 spiro atoms. The zero-order valence-electron chi connectivity index (χ0n) is 16.4. The third-order valence-corrected chi connectivity index (χ3v) is 4.65. The molecule has 1 aliphatic rings. The Balaban J connectivity index is 0.00000139. The number of aryl methyl sites for hydroxylation is 1. The van der Waals surface area contributed by atoms with Gasteiger partial charge in [-0.1, -0.05) is 71.4 Å². The first-order valence-corrected chi connectivity index (χ1v) is 10.1. The average Bonchev–Trinajstić information content (AvgIpc) is 2.64. The van der Waals surface area contributed by atoms with E-state index in [1.807, 2.05) is 20.8 Å². The summed E-state index contributed by atoms with van der Waals surface area (Å²) in [6, 6.07) is 8.46. The standard InChI is InChI=1S/C20H32O2.C2H6/c1-3-4-8-19-11-13-20(14-12-19)22-17(2)21-16-15-18-9-6-5-7-10-18;1-2/h11-14,17-18H,3-10,15-16H2,1-2H3;1-2H3. The SMILES string of the molecule is CC.CCCCc1ccc(OC(C)OCCC2CCCCC2)cc1. The summed E-state index contributed by atoms with van der Waals surface area (Å²) >= 11 is 0. The molecule has 2 rings (SSSR count). The van der Waals surface area contributed by atoms with Crippen LogP contribution in [0.2, 0.25) is 0 Å². The summed E-state index contributed by atoms with van der Waals surface area (Å²) in [5, 5.41) is 0. The Kier molecular flexibility index (Phi) is 11.6. The van der Waals surface area contributed by atoms with E-state index in [0.29, 0.717) is 0 Å². The van der Waals surface area contributed by atoms with Crippen LogP contribution in [0.15, 0.2) is 24.3 Å². The minimum Gasteiger partial charge on any atom is -0.465 e. The predicted molar refractivity (Wildman–Crippen MR) is 104 cm³/mol. The van der Waals surface area contributed by atoms with Gasteiger partial charge in [-0.2, -0.15) is 0 Å². The number of ether oxygens (including phenoxy) is 2. The van der Waals surface area contributed by atoms with Crippen molar-refractivity contribution in [2.24, 2.45) is 5.92 Å². The van der Waals surface area contributed by atoms with Crippen molar-refractivity contribution in [1.29, 1.82) is 0 Å². The second-order valence-corrected chi connectivity index (χ2v) is 6.60. The predicted octanol–water partition coefficient (Wildman–Crippen LogP) is 6.77. The van der Waals surface area contributed by atoms with Gasteiger partial charge >= 0.3 is 0 Å². The number of hydrogen-bond donors (Lipinski definition) is 0. The van der Waals surface area contributed by atoms with Gasteiger partial charge in [0.1, 0.15) is 5.75 Å². The van der Waals surface area contributed by atoms with Crippen molar-refractivity contribution in [1.82, 2.24) is 0 Å². The summed E-state index contributed by atoms with van der Waals surface area (Å²) < 4.78 is 11.7. The largest absolute Gasteiger partial charge is 0.465 e. The third-order valence-electron chi connectivity index (χ3n) is 4.65. The summed E-state index contributed by atoms with van der Waals surface area (Å²) in [6.07, 6.45) is 11.7. The zero-order valence-corrected chi connectivity index (χ0v) is 16.4. The molecule has 0 radical (unpaired) electrons.